The monoisotopic (exact) mass is 544 g/mol. The molecule has 5 aromatic rings. The van der Waals surface area contributed by atoms with Gasteiger partial charge in [0.25, 0.3) is 0 Å². The van der Waals surface area contributed by atoms with Crippen molar-refractivity contribution < 1.29 is 23.4 Å². The molecule has 0 fully saturated rings. The Hall–Kier alpha value is -5.30. The number of carbonyl (C=O) groups excluding carboxylic acids is 1. The topological polar surface area (TPSA) is 68.8 Å². The first-order valence-electron chi connectivity index (χ1n) is 13.2. The Morgan fingerprint density at radius 2 is 1.39 bits per heavy atom. The molecule has 2 heterocycles. The van der Waals surface area contributed by atoms with Gasteiger partial charge in [-0.05, 0) is 67.1 Å². The summed E-state index contributed by atoms with van der Waals surface area (Å²) in [6.07, 6.45) is 0. The van der Waals surface area contributed by atoms with E-state index in [0.717, 1.165) is 22.5 Å². The van der Waals surface area contributed by atoms with Gasteiger partial charge >= 0.3 is 5.97 Å². The summed E-state index contributed by atoms with van der Waals surface area (Å²) in [7, 11) is 1.62. The zero-order valence-electron chi connectivity index (χ0n) is 22.3. The van der Waals surface area contributed by atoms with Crippen molar-refractivity contribution in [2.24, 2.45) is 0 Å². The summed E-state index contributed by atoms with van der Waals surface area (Å²) in [6.45, 7) is 1.84. The molecule has 0 amide bonds. The van der Waals surface area contributed by atoms with Gasteiger partial charge < -0.3 is 24.8 Å². The Balaban J connectivity index is 1.36. The van der Waals surface area contributed by atoms with E-state index >= 15 is 0 Å². The molecule has 2 aliphatic heterocycles. The molecular formula is C34H25FN2O4. The van der Waals surface area contributed by atoms with Crippen molar-refractivity contribution >= 4 is 28.7 Å². The normalized spacial score (nSPS) is 16.2. The number of esters is 1. The van der Waals surface area contributed by atoms with Crippen LogP contribution in [0, 0.1) is 12.7 Å². The van der Waals surface area contributed by atoms with Gasteiger partial charge in [0.15, 0.2) is 5.60 Å². The number of benzene rings is 5. The van der Waals surface area contributed by atoms with Crippen molar-refractivity contribution in [1.82, 2.24) is 0 Å². The molecule has 41 heavy (non-hydrogen) atoms. The van der Waals surface area contributed by atoms with Crippen LogP contribution < -0.4 is 20.1 Å². The van der Waals surface area contributed by atoms with Crippen LogP contribution in [0.15, 0.2) is 103 Å². The van der Waals surface area contributed by atoms with E-state index in [1.165, 1.54) is 6.07 Å². The highest BCUT2D eigenvalue weighted by Gasteiger charge is 2.53. The number of fused-ring (bicyclic) bond motifs is 6. The summed E-state index contributed by atoms with van der Waals surface area (Å²) in [5.41, 5.74) is 4.81. The summed E-state index contributed by atoms with van der Waals surface area (Å²) >= 11 is 0. The Morgan fingerprint density at radius 3 is 2.10 bits per heavy atom. The van der Waals surface area contributed by atoms with E-state index in [9.17, 15) is 9.18 Å². The standard InChI is InChI=1S/C34H25FN2O4/c1-20-11-16-28(27(35)17-20)36-21-12-14-25-31(18-21)40-32-19-22(37-29-9-5-6-10-30(29)39-2)13-15-26(32)34(25)24-8-4-3-7-23(24)33(38)41-34/h3-19,36-37H,1-2H3. The van der Waals surface area contributed by atoms with Crippen LogP contribution in [0.25, 0.3) is 0 Å². The molecule has 1 atom stereocenters. The van der Waals surface area contributed by atoms with Crippen LogP contribution in [0.4, 0.5) is 27.1 Å². The van der Waals surface area contributed by atoms with E-state index in [4.69, 9.17) is 14.2 Å². The molecular weight excluding hydrogens is 519 g/mol. The quantitative estimate of drug-likeness (QED) is 0.217. The number of hydrogen-bond donors (Lipinski definition) is 2. The molecule has 2 N–H and O–H groups in total. The van der Waals surface area contributed by atoms with Crippen LogP contribution in [0.3, 0.4) is 0 Å². The lowest BCUT2D eigenvalue weighted by atomic mass is 9.77. The van der Waals surface area contributed by atoms with E-state index in [1.54, 1.807) is 25.3 Å². The van der Waals surface area contributed by atoms with Gasteiger partial charge in [0, 0.05) is 40.2 Å². The number of ether oxygens (including phenoxy) is 3. The van der Waals surface area contributed by atoms with Crippen LogP contribution in [0.5, 0.6) is 17.2 Å². The van der Waals surface area contributed by atoms with Crippen LogP contribution in [-0.4, -0.2) is 13.1 Å². The molecule has 5 aromatic carbocycles. The number of methoxy groups -OCH3 is 1. The summed E-state index contributed by atoms with van der Waals surface area (Å²) in [5.74, 6) is 0.968. The highest BCUT2D eigenvalue weighted by Crippen LogP contribution is 2.57. The van der Waals surface area contributed by atoms with Gasteiger partial charge in [-0.1, -0.05) is 36.4 Å². The number of para-hydroxylation sites is 2. The zero-order chi connectivity index (χ0) is 28.1. The van der Waals surface area contributed by atoms with Crippen molar-refractivity contribution in [2.45, 2.75) is 12.5 Å². The summed E-state index contributed by atoms with van der Waals surface area (Å²) < 4.78 is 32.9. The molecule has 0 saturated heterocycles. The second-order valence-corrected chi connectivity index (χ2v) is 10.1. The molecule has 0 aromatic heterocycles. The molecule has 7 heteroatoms. The lowest BCUT2D eigenvalue weighted by molar-refractivity contribution is 0.0224. The molecule has 2 aliphatic rings. The first-order valence-corrected chi connectivity index (χ1v) is 13.2. The second-order valence-electron chi connectivity index (χ2n) is 10.1. The molecule has 7 rings (SSSR count). The molecule has 1 spiro atoms. The second kappa shape index (κ2) is 9.41. The number of hydrogen-bond acceptors (Lipinski definition) is 6. The van der Waals surface area contributed by atoms with Crippen molar-refractivity contribution in [2.75, 3.05) is 17.7 Å². The van der Waals surface area contributed by atoms with E-state index in [-0.39, 0.29) is 5.82 Å². The maximum absolute atomic E-state index is 14.6. The fourth-order valence-electron chi connectivity index (χ4n) is 5.61. The fraction of sp³-hybridized carbons (Fsp3) is 0.0882. The predicted octanol–water partition coefficient (Wildman–Crippen LogP) is 8.20. The van der Waals surface area contributed by atoms with Crippen molar-refractivity contribution in [3.63, 3.8) is 0 Å². The van der Waals surface area contributed by atoms with Gasteiger partial charge in [0.05, 0.1) is 24.0 Å². The number of nitrogens with one attached hydrogen (secondary N) is 2. The summed E-state index contributed by atoms with van der Waals surface area (Å²) in [6, 6.07) is 31.3. The Morgan fingerprint density at radius 1 is 0.732 bits per heavy atom. The maximum atomic E-state index is 14.6. The molecule has 202 valence electrons. The van der Waals surface area contributed by atoms with Gasteiger partial charge in [-0.15, -0.1) is 0 Å². The third kappa shape index (κ3) is 3.97. The number of carbonyl (C=O) groups is 1. The van der Waals surface area contributed by atoms with Gasteiger partial charge in [0.1, 0.15) is 23.1 Å². The average Bonchev–Trinajstić information content (AvgIpc) is 3.27. The highest BCUT2D eigenvalue weighted by atomic mass is 19.1. The van der Waals surface area contributed by atoms with E-state index < -0.39 is 11.6 Å². The number of halogens is 1. The van der Waals surface area contributed by atoms with Crippen LogP contribution in [-0.2, 0) is 10.3 Å². The SMILES string of the molecule is COc1ccccc1Nc1ccc2c(c1)Oc1cc(Nc3ccc(C)cc3F)ccc1C21OC(=O)c2ccccc21. The Labute approximate surface area is 236 Å². The zero-order valence-corrected chi connectivity index (χ0v) is 22.3. The van der Waals surface area contributed by atoms with E-state index in [0.29, 0.717) is 45.3 Å². The van der Waals surface area contributed by atoms with Crippen molar-refractivity contribution in [1.29, 1.82) is 0 Å². The predicted molar refractivity (Wildman–Crippen MR) is 155 cm³/mol. The summed E-state index contributed by atoms with van der Waals surface area (Å²) in [5, 5.41) is 6.54. The largest absolute Gasteiger partial charge is 0.495 e. The first-order chi connectivity index (χ1) is 20.0. The molecule has 0 aliphatic carbocycles. The van der Waals surface area contributed by atoms with Crippen LogP contribution in [0.2, 0.25) is 0 Å². The Kier molecular flexibility index (Phi) is 5.68. The molecule has 0 bridgehead atoms. The average molecular weight is 545 g/mol. The van der Waals surface area contributed by atoms with Crippen molar-refractivity contribution in [3.05, 3.63) is 137 Å². The first kappa shape index (κ1) is 24.7. The fourth-order valence-corrected chi connectivity index (χ4v) is 5.61. The molecule has 6 nitrogen and oxygen atoms in total. The maximum Gasteiger partial charge on any atom is 0.340 e. The smallest absolute Gasteiger partial charge is 0.340 e. The molecule has 0 radical (unpaired) electrons. The summed E-state index contributed by atoms with van der Waals surface area (Å²) in [4.78, 5) is 13.2. The van der Waals surface area contributed by atoms with Crippen LogP contribution >= 0.6 is 0 Å². The number of anilines is 4. The minimum absolute atomic E-state index is 0.349. The van der Waals surface area contributed by atoms with Crippen molar-refractivity contribution in [3.8, 4) is 17.2 Å². The van der Waals surface area contributed by atoms with E-state index in [2.05, 4.69) is 10.6 Å². The van der Waals surface area contributed by atoms with Gasteiger partial charge in [0.2, 0.25) is 0 Å². The third-order valence-electron chi connectivity index (χ3n) is 7.50. The minimum Gasteiger partial charge on any atom is -0.495 e. The van der Waals surface area contributed by atoms with Crippen LogP contribution in [0.1, 0.15) is 32.6 Å². The lowest BCUT2D eigenvalue weighted by Gasteiger charge is -2.37. The van der Waals surface area contributed by atoms with Gasteiger partial charge in [-0.3, -0.25) is 0 Å². The lowest BCUT2D eigenvalue weighted by Crippen LogP contribution is -2.33. The van der Waals surface area contributed by atoms with Gasteiger partial charge in [-0.25, -0.2) is 9.18 Å². The number of aryl methyl sites for hydroxylation is 1. The molecule has 0 saturated carbocycles. The third-order valence-corrected chi connectivity index (χ3v) is 7.50. The Bertz CT molecular complexity index is 1850. The minimum atomic E-state index is -1.20. The highest BCUT2D eigenvalue weighted by molar-refractivity contribution is 5.97. The molecule has 1 unspecified atom stereocenters. The number of rotatable bonds is 5. The van der Waals surface area contributed by atoms with Gasteiger partial charge in [-0.2, -0.15) is 0 Å². The van der Waals surface area contributed by atoms with E-state index in [1.807, 2.05) is 85.8 Å².